The van der Waals surface area contributed by atoms with Crippen molar-refractivity contribution >= 4 is 11.8 Å². The van der Waals surface area contributed by atoms with E-state index in [2.05, 4.69) is 0 Å². The lowest BCUT2D eigenvalue weighted by Crippen LogP contribution is -2.30. The Morgan fingerprint density at radius 2 is 1.72 bits per heavy atom. The lowest BCUT2D eigenvalue weighted by Gasteiger charge is -2.15. The Bertz CT molecular complexity index is 819. The molecule has 1 aliphatic carbocycles. The SMILES string of the molecule is O=C1C[C@]2(C[C@@H]2c2ccc(C(F)F)cc2)C(=O)N1Cc1ccccc1. The molecule has 1 aliphatic heterocycles. The Kier molecular flexibility index (Phi) is 3.67. The molecule has 25 heavy (non-hydrogen) atoms. The Labute approximate surface area is 144 Å². The predicted molar refractivity (Wildman–Crippen MR) is 87.8 cm³/mol. The number of nitrogens with zero attached hydrogens (tertiary/aromatic N) is 1. The molecule has 1 heterocycles. The van der Waals surface area contributed by atoms with Gasteiger partial charge in [0.25, 0.3) is 6.43 Å². The Balaban J connectivity index is 1.52. The Morgan fingerprint density at radius 1 is 1.04 bits per heavy atom. The number of hydrogen-bond donors (Lipinski definition) is 0. The fourth-order valence-corrected chi connectivity index (χ4v) is 3.80. The topological polar surface area (TPSA) is 37.4 Å². The Morgan fingerprint density at radius 3 is 2.36 bits per heavy atom. The molecule has 2 fully saturated rings. The lowest BCUT2D eigenvalue weighted by atomic mass is 9.97. The van der Waals surface area contributed by atoms with Crippen LogP contribution in [0, 0.1) is 5.41 Å². The minimum atomic E-state index is -2.50. The molecule has 2 aromatic carbocycles. The van der Waals surface area contributed by atoms with Crippen molar-refractivity contribution in [2.75, 3.05) is 0 Å². The number of benzene rings is 2. The van der Waals surface area contributed by atoms with E-state index in [1.807, 2.05) is 30.3 Å². The summed E-state index contributed by atoms with van der Waals surface area (Å²) in [5, 5.41) is 0. The number of alkyl halides is 2. The number of amides is 2. The minimum absolute atomic E-state index is 0.0296. The Hall–Kier alpha value is -2.56. The van der Waals surface area contributed by atoms with Gasteiger partial charge in [-0.05, 0) is 23.5 Å². The average molecular weight is 341 g/mol. The van der Waals surface area contributed by atoms with E-state index >= 15 is 0 Å². The van der Waals surface area contributed by atoms with Crippen LogP contribution in [0.4, 0.5) is 8.78 Å². The van der Waals surface area contributed by atoms with Gasteiger partial charge in [0.2, 0.25) is 11.8 Å². The number of carbonyl (C=O) groups is 2. The summed E-state index contributed by atoms with van der Waals surface area (Å²) in [6, 6.07) is 15.5. The van der Waals surface area contributed by atoms with Crippen LogP contribution in [-0.2, 0) is 16.1 Å². The molecule has 0 unspecified atom stereocenters. The number of hydrogen-bond acceptors (Lipinski definition) is 2. The largest absolute Gasteiger partial charge is 0.278 e. The van der Waals surface area contributed by atoms with Gasteiger partial charge < -0.3 is 0 Å². The molecule has 2 aliphatic rings. The maximum atomic E-state index is 12.8. The minimum Gasteiger partial charge on any atom is -0.278 e. The monoisotopic (exact) mass is 341 g/mol. The smallest absolute Gasteiger partial charge is 0.263 e. The molecule has 5 heteroatoms. The van der Waals surface area contributed by atoms with Crippen LogP contribution in [0.1, 0.15) is 41.9 Å². The van der Waals surface area contributed by atoms with E-state index in [1.54, 1.807) is 12.1 Å². The van der Waals surface area contributed by atoms with E-state index in [4.69, 9.17) is 0 Å². The van der Waals surface area contributed by atoms with Gasteiger partial charge in [-0.25, -0.2) is 8.78 Å². The number of rotatable bonds is 4. The molecule has 1 saturated carbocycles. The molecule has 0 N–H and O–H groups in total. The van der Waals surface area contributed by atoms with Crippen molar-refractivity contribution in [1.82, 2.24) is 4.90 Å². The van der Waals surface area contributed by atoms with Gasteiger partial charge in [0.05, 0.1) is 12.0 Å². The maximum Gasteiger partial charge on any atom is 0.263 e. The van der Waals surface area contributed by atoms with Crippen LogP contribution in [0.2, 0.25) is 0 Å². The van der Waals surface area contributed by atoms with Crippen LogP contribution in [0.3, 0.4) is 0 Å². The van der Waals surface area contributed by atoms with E-state index in [9.17, 15) is 18.4 Å². The third-order valence-corrected chi connectivity index (χ3v) is 5.29. The van der Waals surface area contributed by atoms with Gasteiger partial charge in [0.15, 0.2) is 0 Å². The van der Waals surface area contributed by atoms with Crippen molar-refractivity contribution in [3.8, 4) is 0 Å². The van der Waals surface area contributed by atoms with E-state index in [0.29, 0.717) is 6.42 Å². The van der Waals surface area contributed by atoms with Gasteiger partial charge in [-0.2, -0.15) is 0 Å². The van der Waals surface area contributed by atoms with Crippen molar-refractivity contribution < 1.29 is 18.4 Å². The van der Waals surface area contributed by atoms with E-state index < -0.39 is 11.8 Å². The highest BCUT2D eigenvalue weighted by Gasteiger charge is 2.67. The summed E-state index contributed by atoms with van der Waals surface area (Å²) in [6.45, 7) is 0.289. The molecular formula is C20H17F2NO2. The van der Waals surface area contributed by atoms with Gasteiger partial charge in [-0.1, -0.05) is 54.6 Å². The molecule has 0 aromatic heterocycles. The number of halogens is 2. The molecule has 1 saturated heterocycles. The molecule has 4 rings (SSSR count). The molecular weight excluding hydrogens is 324 g/mol. The average Bonchev–Trinajstić information content (AvgIpc) is 3.29. The van der Waals surface area contributed by atoms with E-state index in [0.717, 1.165) is 11.1 Å². The zero-order chi connectivity index (χ0) is 17.6. The summed E-state index contributed by atoms with van der Waals surface area (Å²) in [6.07, 6.45) is -1.69. The third kappa shape index (κ3) is 2.64. The van der Waals surface area contributed by atoms with Gasteiger partial charge in [-0.15, -0.1) is 0 Å². The summed E-state index contributed by atoms with van der Waals surface area (Å²) in [5.74, 6) is -0.346. The van der Waals surface area contributed by atoms with E-state index in [-0.39, 0.29) is 36.3 Å². The summed E-state index contributed by atoms with van der Waals surface area (Å²) in [5.41, 5.74) is 1.07. The molecule has 128 valence electrons. The van der Waals surface area contributed by atoms with Gasteiger partial charge >= 0.3 is 0 Å². The molecule has 0 radical (unpaired) electrons. The van der Waals surface area contributed by atoms with Gasteiger partial charge in [-0.3, -0.25) is 14.5 Å². The summed E-state index contributed by atoms with van der Waals surface area (Å²) in [4.78, 5) is 26.6. The standard InChI is InChI=1S/C20H17F2NO2/c21-18(22)15-8-6-14(7-9-15)16-10-20(16)11-17(24)23(19(20)25)12-13-4-2-1-3-5-13/h1-9,16,18H,10-12H2/t16-,20+/m1/s1. The first-order chi connectivity index (χ1) is 12.0. The highest BCUT2D eigenvalue weighted by atomic mass is 19.3. The van der Waals surface area contributed by atoms with E-state index in [1.165, 1.54) is 17.0 Å². The zero-order valence-electron chi connectivity index (χ0n) is 13.5. The number of likely N-dealkylation sites (tertiary alicyclic amines) is 1. The van der Waals surface area contributed by atoms with Crippen molar-refractivity contribution in [3.63, 3.8) is 0 Å². The molecule has 2 aromatic rings. The second-order valence-corrected chi connectivity index (χ2v) is 6.83. The maximum absolute atomic E-state index is 12.8. The summed E-state index contributed by atoms with van der Waals surface area (Å²) in [7, 11) is 0. The second kappa shape index (κ2) is 5.76. The highest BCUT2D eigenvalue weighted by Crippen LogP contribution is 2.65. The molecule has 0 bridgehead atoms. The third-order valence-electron chi connectivity index (χ3n) is 5.29. The van der Waals surface area contributed by atoms with Crippen LogP contribution < -0.4 is 0 Å². The second-order valence-electron chi connectivity index (χ2n) is 6.83. The lowest BCUT2D eigenvalue weighted by molar-refractivity contribution is -0.140. The van der Waals surface area contributed by atoms with Crippen molar-refractivity contribution in [2.45, 2.75) is 31.7 Å². The number of imide groups is 1. The van der Waals surface area contributed by atoms with Crippen LogP contribution in [0.5, 0.6) is 0 Å². The van der Waals surface area contributed by atoms with Crippen molar-refractivity contribution in [3.05, 3.63) is 71.3 Å². The molecule has 3 nitrogen and oxygen atoms in total. The van der Waals surface area contributed by atoms with Crippen LogP contribution in [-0.4, -0.2) is 16.7 Å². The van der Waals surface area contributed by atoms with Gasteiger partial charge in [0, 0.05) is 12.0 Å². The summed E-state index contributed by atoms with van der Waals surface area (Å²) >= 11 is 0. The fourth-order valence-electron chi connectivity index (χ4n) is 3.80. The molecule has 1 spiro atoms. The first-order valence-electron chi connectivity index (χ1n) is 8.28. The van der Waals surface area contributed by atoms with Crippen LogP contribution >= 0.6 is 0 Å². The predicted octanol–water partition coefficient (Wildman–Crippen LogP) is 4.06. The quantitative estimate of drug-likeness (QED) is 0.787. The molecule has 2 amide bonds. The van der Waals surface area contributed by atoms with Gasteiger partial charge in [0.1, 0.15) is 0 Å². The first-order valence-corrected chi connectivity index (χ1v) is 8.28. The highest BCUT2D eigenvalue weighted by molar-refractivity contribution is 6.08. The molecule has 2 atom stereocenters. The normalized spacial score (nSPS) is 25.2. The first kappa shape index (κ1) is 15.9. The summed E-state index contributed by atoms with van der Waals surface area (Å²) < 4.78 is 25.4. The zero-order valence-corrected chi connectivity index (χ0v) is 13.5. The van der Waals surface area contributed by atoms with Crippen LogP contribution in [0.25, 0.3) is 0 Å². The van der Waals surface area contributed by atoms with Crippen molar-refractivity contribution in [2.24, 2.45) is 5.41 Å². The van der Waals surface area contributed by atoms with Crippen molar-refractivity contribution in [1.29, 1.82) is 0 Å². The van der Waals surface area contributed by atoms with Crippen LogP contribution in [0.15, 0.2) is 54.6 Å². The number of carbonyl (C=O) groups excluding carboxylic acids is 2. The fraction of sp³-hybridized carbons (Fsp3) is 0.300.